The van der Waals surface area contributed by atoms with Crippen LogP contribution in [-0.2, 0) is 10.2 Å². The molecular weight excluding hydrogens is 222 g/mol. The average molecular weight is 245 g/mol. The van der Waals surface area contributed by atoms with Crippen LogP contribution < -0.4 is 0 Å². The number of benzene rings is 1. The third kappa shape index (κ3) is 2.35. The molecule has 0 saturated heterocycles. The summed E-state index contributed by atoms with van der Waals surface area (Å²) >= 11 is 0. The van der Waals surface area contributed by atoms with Crippen molar-refractivity contribution in [3.05, 3.63) is 35.9 Å². The topological polar surface area (TPSA) is 20.3 Å². The monoisotopic (exact) mass is 245 g/mol. The Bertz CT molecular complexity index is 391. The number of ketones is 1. The Labute approximate surface area is 110 Å². The van der Waals surface area contributed by atoms with Gasteiger partial charge >= 0.3 is 0 Å². The van der Waals surface area contributed by atoms with Crippen LogP contribution in [0, 0.1) is 0 Å². The molecule has 1 aromatic rings. The van der Waals surface area contributed by atoms with Crippen molar-refractivity contribution in [2.24, 2.45) is 0 Å². The lowest BCUT2D eigenvalue weighted by molar-refractivity contribution is -0.128. The van der Waals surface area contributed by atoms with Gasteiger partial charge in [0.05, 0.1) is 12.0 Å². The van der Waals surface area contributed by atoms with Crippen LogP contribution in [0.4, 0.5) is 0 Å². The summed E-state index contributed by atoms with van der Waals surface area (Å²) in [4.78, 5) is 14.8. The quantitative estimate of drug-likeness (QED) is 0.768. The first-order chi connectivity index (χ1) is 8.73. The Morgan fingerprint density at radius 2 is 1.78 bits per heavy atom. The van der Waals surface area contributed by atoms with Gasteiger partial charge < -0.3 is 0 Å². The SMILES string of the molecule is CCN(CC)CC(=O)C1(c2ccccc2)CCC1. The van der Waals surface area contributed by atoms with Crippen molar-refractivity contribution in [1.29, 1.82) is 0 Å². The summed E-state index contributed by atoms with van der Waals surface area (Å²) < 4.78 is 0. The van der Waals surface area contributed by atoms with Crippen LogP contribution in [0.15, 0.2) is 30.3 Å². The molecule has 0 amide bonds. The summed E-state index contributed by atoms with van der Waals surface area (Å²) in [6.07, 6.45) is 3.23. The summed E-state index contributed by atoms with van der Waals surface area (Å²) in [7, 11) is 0. The Hall–Kier alpha value is -1.15. The molecule has 1 fully saturated rings. The van der Waals surface area contributed by atoms with Crippen LogP contribution >= 0.6 is 0 Å². The van der Waals surface area contributed by atoms with E-state index in [0.29, 0.717) is 12.3 Å². The minimum atomic E-state index is -0.177. The number of rotatable bonds is 6. The van der Waals surface area contributed by atoms with Crippen LogP contribution in [-0.4, -0.2) is 30.3 Å². The summed E-state index contributed by atoms with van der Waals surface area (Å²) in [5.74, 6) is 0.406. The lowest BCUT2D eigenvalue weighted by Gasteiger charge is -2.42. The molecule has 18 heavy (non-hydrogen) atoms. The van der Waals surface area contributed by atoms with E-state index in [2.05, 4.69) is 30.9 Å². The third-order valence-corrected chi connectivity index (χ3v) is 4.33. The van der Waals surface area contributed by atoms with Crippen molar-refractivity contribution in [2.75, 3.05) is 19.6 Å². The summed E-state index contributed by atoms with van der Waals surface area (Å²) in [6, 6.07) is 10.3. The highest BCUT2D eigenvalue weighted by molar-refractivity contribution is 5.92. The van der Waals surface area contributed by atoms with Crippen molar-refractivity contribution in [3.8, 4) is 0 Å². The fraction of sp³-hybridized carbons (Fsp3) is 0.562. The zero-order valence-electron chi connectivity index (χ0n) is 11.5. The molecule has 0 atom stereocenters. The van der Waals surface area contributed by atoms with Crippen molar-refractivity contribution in [1.82, 2.24) is 4.90 Å². The standard InChI is InChI=1S/C16H23NO/c1-3-17(4-2)13-15(18)16(11-8-12-16)14-9-6-5-7-10-14/h5-7,9-10H,3-4,8,11-13H2,1-2H3. The number of carbonyl (C=O) groups excluding carboxylic acids is 1. The zero-order chi connectivity index (χ0) is 13.0. The normalized spacial score (nSPS) is 17.5. The Morgan fingerprint density at radius 3 is 2.22 bits per heavy atom. The first-order valence-electron chi connectivity index (χ1n) is 7.04. The molecule has 0 aromatic heterocycles. The van der Waals surface area contributed by atoms with Gasteiger partial charge in [0.2, 0.25) is 0 Å². The first-order valence-corrected chi connectivity index (χ1v) is 7.04. The molecule has 0 aliphatic heterocycles. The zero-order valence-corrected chi connectivity index (χ0v) is 11.5. The molecule has 2 nitrogen and oxygen atoms in total. The molecule has 1 saturated carbocycles. The number of hydrogen-bond acceptors (Lipinski definition) is 2. The maximum atomic E-state index is 12.6. The van der Waals surface area contributed by atoms with Crippen molar-refractivity contribution in [2.45, 2.75) is 38.5 Å². The maximum absolute atomic E-state index is 12.6. The lowest BCUT2D eigenvalue weighted by Crippen LogP contribution is -2.47. The van der Waals surface area contributed by atoms with Gasteiger partial charge in [-0.15, -0.1) is 0 Å². The average Bonchev–Trinajstić information content (AvgIpc) is 2.36. The minimum absolute atomic E-state index is 0.177. The van der Waals surface area contributed by atoms with Gasteiger partial charge in [-0.2, -0.15) is 0 Å². The fourth-order valence-corrected chi connectivity index (χ4v) is 2.82. The Balaban J connectivity index is 2.15. The van der Waals surface area contributed by atoms with E-state index in [9.17, 15) is 4.79 Å². The van der Waals surface area contributed by atoms with E-state index in [1.54, 1.807) is 0 Å². The van der Waals surface area contributed by atoms with Gasteiger partial charge in [0.15, 0.2) is 5.78 Å². The summed E-state index contributed by atoms with van der Waals surface area (Å²) in [5.41, 5.74) is 1.04. The van der Waals surface area contributed by atoms with Crippen LogP contribution in [0.25, 0.3) is 0 Å². The van der Waals surface area contributed by atoms with Gasteiger partial charge in [0, 0.05) is 0 Å². The molecule has 0 unspecified atom stereocenters. The number of likely N-dealkylation sites (N-methyl/N-ethyl adjacent to an activating group) is 1. The smallest absolute Gasteiger partial charge is 0.157 e. The molecule has 1 aliphatic carbocycles. The van der Waals surface area contributed by atoms with E-state index in [4.69, 9.17) is 0 Å². The fourth-order valence-electron chi connectivity index (χ4n) is 2.82. The molecule has 0 radical (unpaired) electrons. The third-order valence-electron chi connectivity index (χ3n) is 4.33. The molecule has 1 aromatic carbocycles. The number of hydrogen-bond donors (Lipinski definition) is 0. The van der Waals surface area contributed by atoms with Gasteiger partial charge in [-0.3, -0.25) is 9.69 Å². The first kappa shape index (κ1) is 13.3. The largest absolute Gasteiger partial charge is 0.297 e. The number of nitrogens with zero attached hydrogens (tertiary/aromatic N) is 1. The second-order valence-corrected chi connectivity index (χ2v) is 5.19. The van der Waals surface area contributed by atoms with Gasteiger partial charge in [0.25, 0.3) is 0 Å². The molecule has 98 valence electrons. The van der Waals surface area contributed by atoms with E-state index < -0.39 is 0 Å². The molecule has 0 spiro atoms. The molecule has 0 N–H and O–H groups in total. The van der Waals surface area contributed by atoms with Gasteiger partial charge in [-0.1, -0.05) is 50.6 Å². The maximum Gasteiger partial charge on any atom is 0.157 e. The van der Waals surface area contributed by atoms with Crippen molar-refractivity contribution >= 4 is 5.78 Å². The number of Topliss-reactive ketones (excluding diaryl/α,β-unsaturated/α-hetero) is 1. The lowest BCUT2D eigenvalue weighted by atomic mass is 9.62. The highest BCUT2D eigenvalue weighted by Gasteiger charge is 2.44. The Morgan fingerprint density at radius 1 is 1.17 bits per heavy atom. The second-order valence-electron chi connectivity index (χ2n) is 5.19. The molecule has 0 heterocycles. The molecule has 1 aliphatic rings. The highest BCUT2D eigenvalue weighted by atomic mass is 16.1. The molecule has 2 heteroatoms. The predicted molar refractivity (Wildman–Crippen MR) is 74.8 cm³/mol. The highest BCUT2D eigenvalue weighted by Crippen LogP contribution is 2.44. The summed E-state index contributed by atoms with van der Waals surface area (Å²) in [5, 5.41) is 0. The van der Waals surface area contributed by atoms with Gasteiger partial charge in [0.1, 0.15) is 0 Å². The minimum Gasteiger partial charge on any atom is -0.297 e. The number of carbonyl (C=O) groups is 1. The van der Waals surface area contributed by atoms with Gasteiger partial charge in [-0.25, -0.2) is 0 Å². The predicted octanol–water partition coefficient (Wildman–Crippen LogP) is 3.02. The molecular formula is C16H23NO. The molecule has 0 bridgehead atoms. The van der Waals surface area contributed by atoms with Crippen LogP contribution in [0.3, 0.4) is 0 Å². The van der Waals surface area contributed by atoms with Gasteiger partial charge in [-0.05, 0) is 31.5 Å². The molecule has 2 rings (SSSR count). The Kier molecular flexibility index (Phi) is 4.18. The van der Waals surface area contributed by atoms with E-state index in [1.807, 2.05) is 18.2 Å². The van der Waals surface area contributed by atoms with Crippen LogP contribution in [0.2, 0.25) is 0 Å². The van der Waals surface area contributed by atoms with Crippen molar-refractivity contribution in [3.63, 3.8) is 0 Å². The van der Waals surface area contributed by atoms with Crippen molar-refractivity contribution < 1.29 is 4.79 Å². The van der Waals surface area contributed by atoms with E-state index >= 15 is 0 Å². The van der Waals surface area contributed by atoms with Crippen LogP contribution in [0.1, 0.15) is 38.7 Å². The van der Waals surface area contributed by atoms with E-state index in [0.717, 1.165) is 25.9 Å². The van der Waals surface area contributed by atoms with E-state index in [-0.39, 0.29) is 5.41 Å². The second kappa shape index (κ2) is 5.66. The van der Waals surface area contributed by atoms with Crippen LogP contribution in [0.5, 0.6) is 0 Å². The van der Waals surface area contributed by atoms with E-state index in [1.165, 1.54) is 12.0 Å². The summed E-state index contributed by atoms with van der Waals surface area (Å²) in [6.45, 7) is 6.74.